The van der Waals surface area contributed by atoms with Gasteiger partial charge in [0.05, 0.1) is 5.69 Å². The normalized spacial score (nSPS) is 16.8. The second kappa shape index (κ2) is 4.87. The molecule has 1 aliphatic rings. The summed E-state index contributed by atoms with van der Waals surface area (Å²) in [4.78, 5) is 14.2. The van der Waals surface area contributed by atoms with E-state index in [0.717, 1.165) is 36.3 Å². The minimum Gasteiger partial charge on any atom is -0.398 e. The van der Waals surface area contributed by atoms with Crippen molar-refractivity contribution >= 4 is 17.3 Å². The lowest BCUT2D eigenvalue weighted by molar-refractivity contribution is -0.119. The lowest BCUT2D eigenvalue weighted by Crippen LogP contribution is -2.37. The first-order valence-electron chi connectivity index (χ1n) is 7.02. The van der Waals surface area contributed by atoms with Gasteiger partial charge in [-0.2, -0.15) is 0 Å². The Labute approximate surface area is 115 Å². The van der Waals surface area contributed by atoms with Crippen LogP contribution in [0.25, 0.3) is 0 Å². The van der Waals surface area contributed by atoms with Crippen molar-refractivity contribution in [1.82, 2.24) is 0 Å². The molecule has 0 saturated carbocycles. The van der Waals surface area contributed by atoms with Crippen LogP contribution in [0.5, 0.6) is 0 Å². The lowest BCUT2D eigenvalue weighted by atomic mass is 9.83. The van der Waals surface area contributed by atoms with Crippen molar-refractivity contribution in [2.75, 3.05) is 17.2 Å². The maximum absolute atomic E-state index is 12.2. The van der Waals surface area contributed by atoms with Crippen LogP contribution in [0.1, 0.15) is 51.2 Å². The third-order valence-electron chi connectivity index (χ3n) is 3.87. The molecule has 1 aromatic rings. The maximum atomic E-state index is 12.2. The molecular formula is C16H24N2O. The minimum absolute atomic E-state index is 0.00548. The molecule has 1 amide bonds. The van der Waals surface area contributed by atoms with E-state index < -0.39 is 0 Å². The van der Waals surface area contributed by atoms with Gasteiger partial charge in [-0.25, -0.2) is 0 Å². The molecule has 0 atom stereocenters. The number of nitrogens with two attached hydrogens (primary N) is 1. The van der Waals surface area contributed by atoms with Gasteiger partial charge < -0.3 is 10.6 Å². The van der Waals surface area contributed by atoms with Gasteiger partial charge in [-0.3, -0.25) is 4.79 Å². The van der Waals surface area contributed by atoms with Crippen molar-refractivity contribution in [3.63, 3.8) is 0 Å². The predicted molar refractivity (Wildman–Crippen MR) is 80.5 cm³/mol. The SMILES string of the molecule is Cc1c(N)ccc(C(C)(C)C)c1N1CCCCC1=O. The predicted octanol–water partition coefficient (Wildman–Crippen LogP) is 3.39. The molecule has 2 rings (SSSR count). The zero-order valence-corrected chi connectivity index (χ0v) is 12.4. The molecule has 0 unspecified atom stereocenters. The number of nitrogens with zero attached hydrogens (tertiary/aromatic N) is 1. The second-order valence-corrected chi connectivity index (χ2v) is 6.43. The van der Waals surface area contributed by atoms with Crippen LogP contribution >= 0.6 is 0 Å². The molecule has 19 heavy (non-hydrogen) atoms. The third-order valence-corrected chi connectivity index (χ3v) is 3.87. The smallest absolute Gasteiger partial charge is 0.226 e. The van der Waals surface area contributed by atoms with Crippen LogP contribution in [0, 0.1) is 6.92 Å². The average Bonchev–Trinajstić information content (AvgIpc) is 2.32. The standard InChI is InChI=1S/C16H24N2O/c1-11-13(17)9-8-12(16(2,3)4)15(11)18-10-6-5-7-14(18)19/h8-9H,5-7,10,17H2,1-4H3. The fourth-order valence-corrected chi connectivity index (χ4v) is 2.71. The molecule has 1 aliphatic heterocycles. The summed E-state index contributed by atoms with van der Waals surface area (Å²) in [5.41, 5.74) is 10.1. The van der Waals surface area contributed by atoms with Crippen molar-refractivity contribution in [3.8, 4) is 0 Å². The van der Waals surface area contributed by atoms with Gasteiger partial charge in [0.2, 0.25) is 5.91 Å². The second-order valence-electron chi connectivity index (χ2n) is 6.43. The monoisotopic (exact) mass is 260 g/mol. The highest BCUT2D eigenvalue weighted by Gasteiger charge is 2.28. The molecule has 0 aliphatic carbocycles. The van der Waals surface area contributed by atoms with Gasteiger partial charge in [-0.15, -0.1) is 0 Å². The summed E-state index contributed by atoms with van der Waals surface area (Å²) >= 11 is 0. The van der Waals surface area contributed by atoms with E-state index in [-0.39, 0.29) is 11.3 Å². The summed E-state index contributed by atoms with van der Waals surface area (Å²) in [5, 5.41) is 0. The van der Waals surface area contributed by atoms with E-state index in [1.807, 2.05) is 17.9 Å². The Bertz CT molecular complexity index is 500. The zero-order chi connectivity index (χ0) is 14.2. The number of piperidine rings is 1. The van der Waals surface area contributed by atoms with E-state index in [1.165, 1.54) is 5.56 Å². The Kier molecular flexibility index (Phi) is 3.57. The molecule has 1 heterocycles. The van der Waals surface area contributed by atoms with Gasteiger partial charge >= 0.3 is 0 Å². The van der Waals surface area contributed by atoms with Gasteiger partial charge in [0, 0.05) is 18.7 Å². The fraction of sp³-hybridized carbons (Fsp3) is 0.562. The van der Waals surface area contributed by atoms with Crippen molar-refractivity contribution in [3.05, 3.63) is 23.3 Å². The van der Waals surface area contributed by atoms with E-state index >= 15 is 0 Å². The van der Waals surface area contributed by atoms with Crippen LogP contribution in [0.15, 0.2) is 12.1 Å². The summed E-state index contributed by atoms with van der Waals surface area (Å²) in [6.07, 6.45) is 2.73. The Balaban J connectivity index is 2.59. The lowest BCUT2D eigenvalue weighted by Gasteiger charge is -2.34. The van der Waals surface area contributed by atoms with Crippen molar-refractivity contribution in [2.45, 2.75) is 52.4 Å². The van der Waals surface area contributed by atoms with Gasteiger partial charge in [0.25, 0.3) is 0 Å². The molecule has 1 saturated heterocycles. The number of amides is 1. The molecular weight excluding hydrogens is 236 g/mol. The van der Waals surface area contributed by atoms with Crippen LogP contribution in [0.2, 0.25) is 0 Å². The van der Waals surface area contributed by atoms with E-state index in [2.05, 4.69) is 26.8 Å². The first-order valence-corrected chi connectivity index (χ1v) is 7.02. The summed E-state index contributed by atoms with van der Waals surface area (Å²) < 4.78 is 0. The number of anilines is 2. The van der Waals surface area contributed by atoms with Crippen LogP contribution < -0.4 is 10.6 Å². The first-order chi connectivity index (χ1) is 8.82. The highest BCUT2D eigenvalue weighted by molar-refractivity contribution is 5.96. The van der Waals surface area contributed by atoms with Crippen LogP contribution in [-0.4, -0.2) is 12.5 Å². The molecule has 0 bridgehead atoms. The Morgan fingerprint density at radius 3 is 2.47 bits per heavy atom. The molecule has 2 N–H and O–H groups in total. The largest absolute Gasteiger partial charge is 0.398 e. The Morgan fingerprint density at radius 2 is 1.89 bits per heavy atom. The summed E-state index contributed by atoms with van der Waals surface area (Å²) in [5.74, 6) is 0.227. The summed E-state index contributed by atoms with van der Waals surface area (Å²) in [6.45, 7) is 9.36. The molecule has 3 nitrogen and oxygen atoms in total. The molecule has 3 heteroatoms. The van der Waals surface area contributed by atoms with Crippen LogP contribution in [0.4, 0.5) is 11.4 Å². The molecule has 104 valence electrons. The summed E-state index contributed by atoms with van der Waals surface area (Å²) in [7, 11) is 0. The number of hydrogen-bond donors (Lipinski definition) is 1. The van der Waals surface area contributed by atoms with Crippen molar-refractivity contribution < 1.29 is 4.79 Å². The number of carbonyl (C=O) groups is 1. The number of hydrogen-bond acceptors (Lipinski definition) is 2. The van der Waals surface area contributed by atoms with Gasteiger partial charge in [-0.1, -0.05) is 26.8 Å². The highest BCUT2D eigenvalue weighted by atomic mass is 16.2. The molecule has 1 aromatic carbocycles. The quantitative estimate of drug-likeness (QED) is 0.787. The molecule has 0 aromatic heterocycles. The van der Waals surface area contributed by atoms with E-state index in [1.54, 1.807) is 0 Å². The number of nitrogen functional groups attached to an aromatic ring is 1. The van der Waals surface area contributed by atoms with Crippen molar-refractivity contribution in [2.24, 2.45) is 0 Å². The van der Waals surface area contributed by atoms with Gasteiger partial charge in [0.15, 0.2) is 0 Å². The molecule has 1 fully saturated rings. The maximum Gasteiger partial charge on any atom is 0.226 e. The van der Waals surface area contributed by atoms with E-state index in [4.69, 9.17) is 5.73 Å². The first kappa shape index (κ1) is 13.9. The molecule has 0 radical (unpaired) electrons. The number of carbonyl (C=O) groups excluding carboxylic acids is 1. The van der Waals surface area contributed by atoms with Crippen LogP contribution in [-0.2, 0) is 10.2 Å². The van der Waals surface area contributed by atoms with Gasteiger partial charge in [0.1, 0.15) is 0 Å². The Morgan fingerprint density at radius 1 is 1.21 bits per heavy atom. The minimum atomic E-state index is 0.00548. The third kappa shape index (κ3) is 2.60. The average molecular weight is 260 g/mol. The van der Waals surface area contributed by atoms with E-state index in [9.17, 15) is 4.79 Å². The Hall–Kier alpha value is -1.51. The molecule has 0 spiro atoms. The highest BCUT2D eigenvalue weighted by Crippen LogP contribution is 2.38. The zero-order valence-electron chi connectivity index (χ0n) is 12.4. The van der Waals surface area contributed by atoms with Gasteiger partial charge in [-0.05, 0) is 42.4 Å². The summed E-state index contributed by atoms with van der Waals surface area (Å²) in [6, 6.07) is 4.02. The van der Waals surface area contributed by atoms with Crippen LogP contribution in [0.3, 0.4) is 0 Å². The fourth-order valence-electron chi connectivity index (χ4n) is 2.71. The number of rotatable bonds is 1. The topological polar surface area (TPSA) is 46.3 Å². The van der Waals surface area contributed by atoms with Crippen molar-refractivity contribution in [1.29, 1.82) is 0 Å². The number of benzene rings is 1. The van der Waals surface area contributed by atoms with E-state index in [0.29, 0.717) is 6.42 Å².